The van der Waals surface area contributed by atoms with Gasteiger partial charge in [0.2, 0.25) is 0 Å². The normalized spacial score (nSPS) is 15.2. The monoisotopic (exact) mass is 435 g/mol. The first-order chi connectivity index (χ1) is 14.4. The molecule has 1 saturated heterocycles. The number of amides is 1. The number of hydrogen-bond donors (Lipinski definition) is 0. The minimum Gasteiger partial charge on any atom is -0.343 e. The van der Waals surface area contributed by atoms with Gasteiger partial charge >= 0.3 is 0 Å². The van der Waals surface area contributed by atoms with Gasteiger partial charge in [-0.25, -0.2) is 0 Å². The van der Waals surface area contributed by atoms with Crippen LogP contribution in [0.3, 0.4) is 0 Å². The van der Waals surface area contributed by atoms with E-state index in [4.69, 9.17) is 12.2 Å². The number of aromatic nitrogens is 1. The summed E-state index contributed by atoms with van der Waals surface area (Å²) in [5, 5.41) is 11.3. The van der Waals surface area contributed by atoms with Crippen LogP contribution in [0.1, 0.15) is 16.8 Å². The van der Waals surface area contributed by atoms with Gasteiger partial charge in [-0.3, -0.25) is 19.8 Å². The van der Waals surface area contributed by atoms with E-state index in [1.807, 2.05) is 54.1 Å². The smallest absolute Gasteiger partial charge is 0.274 e. The first kappa shape index (κ1) is 20.1. The third kappa shape index (κ3) is 3.92. The SMILES string of the molecule is Cc1ccc(N2C(=O)/C(=C/c3cccn3Cc3ccccc3[N+](=O)[O-])SC2=S)cc1. The largest absolute Gasteiger partial charge is 0.343 e. The number of carbonyl (C=O) groups is 1. The van der Waals surface area contributed by atoms with Gasteiger partial charge in [0, 0.05) is 23.5 Å². The van der Waals surface area contributed by atoms with Gasteiger partial charge in [0.05, 0.1) is 22.1 Å². The lowest BCUT2D eigenvalue weighted by molar-refractivity contribution is -0.385. The average molecular weight is 436 g/mol. The number of nitro benzene ring substituents is 1. The number of benzene rings is 2. The number of anilines is 1. The van der Waals surface area contributed by atoms with Gasteiger partial charge in [-0.05, 0) is 37.3 Å². The number of rotatable bonds is 5. The highest BCUT2D eigenvalue weighted by Crippen LogP contribution is 2.36. The summed E-state index contributed by atoms with van der Waals surface area (Å²) in [5.74, 6) is -0.174. The quantitative estimate of drug-likeness (QED) is 0.240. The van der Waals surface area contributed by atoms with Crippen molar-refractivity contribution in [2.75, 3.05) is 4.90 Å². The lowest BCUT2D eigenvalue weighted by Crippen LogP contribution is -2.27. The van der Waals surface area contributed by atoms with E-state index in [0.29, 0.717) is 21.3 Å². The third-order valence-corrected chi connectivity index (χ3v) is 6.06. The standard InChI is InChI=1S/C22H17N3O3S2/c1-15-8-10-17(11-9-15)24-21(26)20(30-22(24)29)13-18-6-4-12-23(18)14-16-5-2-3-7-19(16)25(27)28/h2-13H,14H2,1H3/b20-13-. The van der Waals surface area contributed by atoms with Crippen molar-refractivity contribution in [3.8, 4) is 0 Å². The van der Waals surface area contributed by atoms with Crippen LogP contribution in [0.5, 0.6) is 0 Å². The molecule has 0 saturated carbocycles. The molecule has 6 nitrogen and oxygen atoms in total. The fraction of sp³-hybridized carbons (Fsp3) is 0.0909. The van der Waals surface area contributed by atoms with E-state index in [0.717, 1.165) is 16.9 Å². The molecular formula is C22H17N3O3S2. The summed E-state index contributed by atoms with van der Waals surface area (Å²) in [6.45, 7) is 2.31. The average Bonchev–Trinajstić information content (AvgIpc) is 3.27. The molecule has 0 atom stereocenters. The number of nitro groups is 1. The molecule has 1 aliphatic heterocycles. The molecule has 4 rings (SSSR count). The maximum Gasteiger partial charge on any atom is 0.274 e. The topological polar surface area (TPSA) is 68.4 Å². The Bertz CT molecular complexity index is 1180. The molecule has 1 aliphatic rings. The van der Waals surface area contributed by atoms with Crippen LogP contribution >= 0.6 is 24.0 Å². The van der Waals surface area contributed by atoms with Crippen molar-refractivity contribution in [1.82, 2.24) is 4.57 Å². The van der Waals surface area contributed by atoms with E-state index in [1.54, 1.807) is 24.3 Å². The Hall–Kier alpha value is -3.23. The second-order valence-electron chi connectivity index (χ2n) is 6.80. The van der Waals surface area contributed by atoms with Crippen molar-refractivity contribution in [2.24, 2.45) is 0 Å². The van der Waals surface area contributed by atoms with Gasteiger partial charge in [-0.1, -0.05) is 59.9 Å². The van der Waals surface area contributed by atoms with E-state index >= 15 is 0 Å². The highest BCUT2D eigenvalue weighted by Gasteiger charge is 2.33. The number of hydrogen-bond acceptors (Lipinski definition) is 5. The molecule has 1 amide bonds. The molecule has 8 heteroatoms. The molecule has 0 unspecified atom stereocenters. The van der Waals surface area contributed by atoms with Crippen molar-refractivity contribution in [3.05, 3.63) is 98.7 Å². The predicted molar refractivity (Wildman–Crippen MR) is 123 cm³/mol. The van der Waals surface area contributed by atoms with Crippen LogP contribution in [-0.4, -0.2) is 19.7 Å². The number of nitrogens with zero attached hydrogens (tertiary/aromatic N) is 3. The van der Waals surface area contributed by atoms with E-state index in [2.05, 4.69) is 0 Å². The van der Waals surface area contributed by atoms with Crippen molar-refractivity contribution in [3.63, 3.8) is 0 Å². The maximum atomic E-state index is 13.0. The number of carbonyl (C=O) groups excluding carboxylic acids is 1. The van der Waals surface area contributed by atoms with Crippen molar-refractivity contribution < 1.29 is 9.72 Å². The minimum atomic E-state index is -0.384. The summed E-state index contributed by atoms with van der Waals surface area (Å²) < 4.78 is 2.35. The third-order valence-electron chi connectivity index (χ3n) is 4.76. The van der Waals surface area contributed by atoms with Crippen LogP contribution in [-0.2, 0) is 11.3 Å². The Morgan fingerprint density at radius 1 is 1.10 bits per heavy atom. The van der Waals surface area contributed by atoms with E-state index in [-0.39, 0.29) is 16.5 Å². The summed E-state index contributed by atoms with van der Waals surface area (Å²) in [5.41, 5.74) is 3.29. The molecule has 2 aromatic carbocycles. The van der Waals surface area contributed by atoms with Gasteiger partial charge in [0.1, 0.15) is 0 Å². The van der Waals surface area contributed by atoms with Crippen LogP contribution in [0, 0.1) is 17.0 Å². The van der Waals surface area contributed by atoms with Crippen molar-refractivity contribution >= 4 is 51.7 Å². The second-order valence-corrected chi connectivity index (χ2v) is 8.48. The first-order valence-electron chi connectivity index (χ1n) is 9.16. The molecule has 3 aromatic rings. The molecule has 0 radical (unpaired) electrons. The van der Waals surface area contributed by atoms with E-state index in [9.17, 15) is 14.9 Å². The zero-order valence-electron chi connectivity index (χ0n) is 16.0. The lowest BCUT2D eigenvalue weighted by Gasteiger charge is -2.14. The summed E-state index contributed by atoms with van der Waals surface area (Å²) >= 11 is 6.68. The Morgan fingerprint density at radius 3 is 2.57 bits per heavy atom. The number of para-hydroxylation sites is 1. The Kier molecular flexibility index (Phi) is 5.52. The molecule has 1 aromatic heterocycles. The van der Waals surface area contributed by atoms with Crippen LogP contribution in [0.25, 0.3) is 6.08 Å². The van der Waals surface area contributed by atoms with Gasteiger partial charge in [-0.2, -0.15) is 0 Å². The number of thiocarbonyl (C=S) groups is 1. The molecule has 1 fully saturated rings. The fourth-order valence-electron chi connectivity index (χ4n) is 3.23. The second kappa shape index (κ2) is 8.25. The van der Waals surface area contributed by atoms with Gasteiger partial charge in [0.25, 0.3) is 11.6 Å². The van der Waals surface area contributed by atoms with E-state index < -0.39 is 0 Å². The Morgan fingerprint density at radius 2 is 1.83 bits per heavy atom. The molecule has 2 heterocycles. The highest BCUT2D eigenvalue weighted by molar-refractivity contribution is 8.27. The molecule has 0 bridgehead atoms. The molecule has 30 heavy (non-hydrogen) atoms. The molecule has 0 N–H and O–H groups in total. The van der Waals surface area contributed by atoms with Crippen molar-refractivity contribution in [1.29, 1.82) is 0 Å². The number of thioether (sulfide) groups is 1. The van der Waals surface area contributed by atoms with Gasteiger partial charge < -0.3 is 4.57 Å². The van der Waals surface area contributed by atoms with Crippen molar-refractivity contribution in [2.45, 2.75) is 13.5 Å². The van der Waals surface area contributed by atoms with Crippen LogP contribution in [0.15, 0.2) is 71.8 Å². The Labute approximate surface area is 183 Å². The minimum absolute atomic E-state index is 0.0721. The molecular weight excluding hydrogens is 418 g/mol. The molecule has 0 aliphatic carbocycles. The number of aryl methyl sites for hydroxylation is 1. The first-order valence-corrected chi connectivity index (χ1v) is 10.4. The van der Waals surface area contributed by atoms with E-state index in [1.165, 1.54) is 22.7 Å². The summed E-state index contributed by atoms with van der Waals surface area (Å²) in [6, 6.07) is 18.0. The summed E-state index contributed by atoms with van der Waals surface area (Å²) in [7, 11) is 0. The zero-order chi connectivity index (χ0) is 21.3. The zero-order valence-corrected chi connectivity index (χ0v) is 17.7. The van der Waals surface area contributed by atoms with Crippen LogP contribution in [0.2, 0.25) is 0 Å². The van der Waals surface area contributed by atoms with Gasteiger partial charge in [0.15, 0.2) is 4.32 Å². The Balaban J connectivity index is 1.62. The van der Waals surface area contributed by atoms with Gasteiger partial charge in [-0.15, -0.1) is 0 Å². The molecule has 0 spiro atoms. The highest BCUT2D eigenvalue weighted by atomic mass is 32.2. The summed E-state index contributed by atoms with van der Waals surface area (Å²) in [4.78, 5) is 26.0. The fourth-order valence-corrected chi connectivity index (χ4v) is 4.51. The maximum absolute atomic E-state index is 13.0. The summed E-state index contributed by atoms with van der Waals surface area (Å²) in [6.07, 6.45) is 3.62. The van der Waals surface area contributed by atoms with Crippen LogP contribution < -0.4 is 4.90 Å². The predicted octanol–water partition coefficient (Wildman–Crippen LogP) is 5.16. The van der Waals surface area contributed by atoms with Crippen LogP contribution in [0.4, 0.5) is 11.4 Å². The molecule has 150 valence electrons. The lowest BCUT2D eigenvalue weighted by atomic mass is 10.2.